The van der Waals surface area contributed by atoms with Crippen molar-refractivity contribution in [3.8, 4) is 0 Å². The fourth-order valence-corrected chi connectivity index (χ4v) is 3.93. The number of imide groups is 1. The van der Waals surface area contributed by atoms with Crippen molar-refractivity contribution < 1.29 is 24.0 Å². The highest BCUT2D eigenvalue weighted by Gasteiger charge is 2.49. The Kier molecular flexibility index (Phi) is 7.02. The first-order valence-corrected chi connectivity index (χ1v) is 10.2. The maximum atomic E-state index is 13.0. The second kappa shape index (κ2) is 8.92. The summed E-state index contributed by atoms with van der Waals surface area (Å²) < 4.78 is 0. The van der Waals surface area contributed by atoms with Crippen LogP contribution in [-0.4, -0.2) is 53.1 Å². The van der Waals surface area contributed by atoms with Gasteiger partial charge in [0.05, 0.1) is 5.41 Å². The Hall–Kier alpha value is -2.45. The smallest absolute Gasteiger partial charge is 0.243 e. The van der Waals surface area contributed by atoms with Gasteiger partial charge in [-0.25, -0.2) is 0 Å². The third-order valence-corrected chi connectivity index (χ3v) is 5.55. The number of rotatable bonds is 8. The van der Waals surface area contributed by atoms with Crippen molar-refractivity contribution in [3.63, 3.8) is 0 Å². The summed E-state index contributed by atoms with van der Waals surface area (Å²) in [7, 11) is 0. The van der Waals surface area contributed by atoms with Crippen molar-refractivity contribution in [2.75, 3.05) is 6.54 Å². The summed E-state index contributed by atoms with van der Waals surface area (Å²) in [6, 6.07) is -2.06. The number of primary amides is 1. The van der Waals surface area contributed by atoms with Crippen molar-refractivity contribution in [1.29, 1.82) is 0 Å². The molecule has 2 aliphatic heterocycles. The van der Waals surface area contributed by atoms with E-state index in [1.54, 1.807) is 13.8 Å². The molecule has 3 atom stereocenters. The molecular weight excluding hydrogens is 376 g/mol. The number of carbonyl (C=O) groups excluding carboxylic acids is 5. The number of hydrogen-bond acceptors (Lipinski definition) is 5. The lowest BCUT2D eigenvalue weighted by Gasteiger charge is -2.30. The fraction of sp³-hybridized carbons (Fsp3) is 0.750. The normalized spacial score (nSPS) is 23.7. The molecule has 2 fully saturated rings. The van der Waals surface area contributed by atoms with Gasteiger partial charge in [0.1, 0.15) is 12.1 Å². The molecule has 0 aromatic carbocycles. The van der Waals surface area contributed by atoms with Crippen LogP contribution in [0.1, 0.15) is 59.8 Å². The van der Waals surface area contributed by atoms with Gasteiger partial charge in [-0.15, -0.1) is 0 Å². The van der Waals surface area contributed by atoms with Crippen LogP contribution in [0.3, 0.4) is 0 Å². The standard InChI is InChI=1S/C20H32N4O5/c1-11(2)8-14(24-15(25)10-20(3,4)19(24)29)18(28)23-13(16(21)26)9-12-6-5-7-22-17(12)27/h11-14H,5-10H2,1-4H3,(H2,21,26)(H,22,27)(H,23,28)/t12-,13-,14-/m0/s1. The van der Waals surface area contributed by atoms with Gasteiger partial charge in [0.15, 0.2) is 0 Å². The van der Waals surface area contributed by atoms with Gasteiger partial charge >= 0.3 is 0 Å². The average Bonchev–Trinajstić information content (AvgIpc) is 2.81. The van der Waals surface area contributed by atoms with E-state index in [2.05, 4.69) is 10.6 Å². The molecule has 0 bridgehead atoms. The molecule has 9 nitrogen and oxygen atoms in total. The van der Waals surface area contributed by atoms with E-state index in [-0.39, 0.29) is 31.1 Å². The van der Waals surface area contributed by atoms with Gasteiger partial charge in [0.25, 0.3) is 0 Å². The molecule has 29 heavy (non-hydrogen) atoms. The molecule has 0 unspecified atom stereocenters. The zero-order valence-electron chi connectivity index (χ0n) is 17.6. The van der Waals surface area contributed by atoms with E-state index in [9.17, 15) is 24.0 Å². The first-order valence-electron chi connectivity index (χ1n) is 10.2. The molecule has 0 radical (unpaired) electrons. The minimum absolute atomic E-state index is 0.0335. The van der Waals surface area contributed by atoms with E-state index in [0.29, 0.717) is 13.0 Å². The van der Waals surface area contributed by atoms with Gasteiger partial charge in [0, 0.05) is 18.9 Å². The first kappa shape index (κ1) is 22.8. The van der Waals surface area contributed by atoms with Crippen LogP contribution in [0.2, 0.25) is 0 Å². The van der Waals surface area contributed by atoms with E-state index in [0.717, 1.165) is 11.3 Å². The van der Waals surface area contributed by atoms with Crippen LogP contribution in [0.4, 0.5) is 0 Å². The topological polar surface area (TPSA) is 139 Å². The second-order valence-electron chi connectivity index (χ2n) is 9.10. The van der Waals surface area contributed by atoms with Crippen molar-refractivity contribution in [2.45, 2.75) is 71.9 Å². The minimum atomic E-state index is -1.05. The predicted molar refractivity (Wildman–Crippen MR) is 105 cm³/mol. The molecule has 0 spiro atoms. The number of hydrogen-bond donors (Lipinski definition) is 3. The van der Waals surface area contributed by atoms with Gasteiger partial charge < -0.3 is 16.4 Å². The molecule has 2 rings (SSSR count). The lowest BCUT2D eigenvalue weighted by atomic mass is 9.90. The molecule has 5 amide bonds. The molecule has 0 aromatic rings. The second-order valence-corrected chi connectivity index (χ2v) is 9.10. The van der Waals surface area contributed by atoms with Crippen LogP contribution < -0.4 is 16.4 Å². The maximum absolute atomic E-state index is 13.0. The Bertz CT molecular complexity index is 703. The number of likely N-dealkylation sites (tertiary alicyclic amines) is 1. The molecule has 9 heteroatoms. The first-order chi connectivity index (χ1) is 13.4. The average molecular weight is 408 g/mol. The van der Waals surface area contributed by atoms with Gasteiger partial charge in [-0.05, 0) is 31.6 Å². The summed E-state index contributed by atoms with van der Waals surface area (Å²) in [4.78, 5) is 63.2. The zero-order valence-corrected chi connectivity index (χ0v) is 17.6. The summed E-state index contributed by atoms with van der Waals surface area (Å²) in [5.41, 5.74) is 4.60. The number of nitrogens with zero attached hydrogens (tertiary/aromatic N) is 1. The van der Waals surface area contributed by atoms with Crippen molar-refractivity contribution in [2.24, 2.45) is 23.0 Å². The number of carbonyl (C=O) groups is 5. The van der Waals surface area contributed by atoms with Crippen LogP contribution >= 0.6 is 0 Å². The van der Waals surface area contributed by atoms with Gasteiger partial charge in [-0.3, -0.25) is 28.9 Å². The number of nitrogens with one attached hydrogen (secondary N) is 2. The Balaban J connectivity index is 2.19. The van der Waals surface area contributed by atoms with Gasteiger partial charge in [0.2, 0.25) is 29.5 Å². The lowest BCUT2D eigenvalue weighted by molar-refractivity contribution is -0.149. The van der Waals surface area contributed by atoms with E-state index in [4.69, 9.17) is 5.73 Å². The quantitative estimate of drug-likeness (QED) is 0.488. The molecule has 2 heterocycles. The summed E-state index contributed by atoms with van der Waals surface area (Å²) in [6.07, 6.45) is 1.80. The van der Waals surface area contributed by atoms with Crippen molar-refractivity contribution in [1.82, 2.24) is 15.5 Å². The molecule has 0 aliphatic carbocycles. The van der Waals surface area contributed by atoms with E-state index >= 15 is 0 Å². The number of piperidine rings is 1. The third-order valence-electron chi connectivity index (χ3n) is 5.55. The highest BCUT2D eigenvalue weighted by atomic mass is 16.2. The highest BCUT2D eigenvalue weighted by molar-refractivity contribution is 6.08. The minimum Gasteiger partial charge on any atom is -0.368 e. The monoisotopic (exact) mass is 408 g/mol. The molecule has 0 aromatic heterocycles. The summed E-state index contributed by atoms with van der Waals surface area (Å²) in [6.45, 7) is 7.70. The highest BCUT2D eigenvalue weighted by Crippen LogP contribution is 2.34. The SMILES string of the molecule is CC(C)C[C@@H](C(=O)N[C@@H](C[C@@H]1CCCNC1=O)C(N)=O)N1C(=O)CC(C)(C)C1=O. The van der Waals surface area contributed by atoms with Gasteiger partial charge in [-0.2, -0.15) is 0 Å². The fourth-order valence-electron chi connectivity index (χ4n) is 3.93. The molecule has 4 N–H and O–H groups in total. The van der Waals surface area contributed by atoms with Crippen LogP contribution in [0.5, 0.6) is 0 Å². The maximum Gasteiger partial charge on any atom is 0.243 e. The Morgan fingerprint density at radius 1 is 1.28 bits per heavy atom. The summed E-state index contributed by atoms with van der Waals surface area (Å²) in [5, 5.41) is 5.34. The van der Waals surface area contributed by atoms with Crippen molar-refractivity contribution in [3.05, 3.63) is 0 Å². The van der Waals surface area contributed by atoms with E-state index in [1.807, 2.05) is 13.8 Å². The zero-order chi connectivity index (χ0) is 21.9. The summed E-state index contributed by atoms with van der Waals surface area (Å²) in [5.74, 6) is -2.70. The van der Waals surface area contributed by atoms with E-state index in [1.165, 1.54) is 0 Å². The Morgan fingerprint density at radius 2 is 1.93 bits per heavy atom. The molecule has 0 saturated carbocycles. The molecule has 2 saturated heterocycles. The van der Waals surface area contributed by atoms with Crippen LogP contribution in [0.25, 0.3) is 0 Å². The van der Waals surface area contributed by atoms with Crippen LogP contribution in [-0.2, 0) is 24.0 Å². The lowest BCUT2D eigenvalue weighted by Crippen LogP contribution is -2.56. The molecule has 162 valence electrons. The van der Waals surface area contributed by atoms with Crippen LogP contribution in [0, 0.1) is 17.3 Å². The van der Waals surface area contributed by atoms with Gasteiger partial charge in [-0.1, -0.05) is 27.7 Å². The largest absolute Gasteiger partial charge is 0.368 e. The Labute approximate surface area is 171 Å². The molecule has 2 aliphatic rings. The third kappa shape index (κ3) is 5.33. The number of nitrogens with two attached hydrogens (primary N) is 1. The van der Waals surface area contributed by atoms with Crippen LogP contribution in [0.15, 0.2) is 0 Å². The van der Waals surface area contributed by atoms with Crippen molar-refractivity contribution >= 4 is 29.5 Å². The number of amides is 5. The predicted octanol–water partition coefficient (Wildman–Crippen LogP) is 0.0726. The molecular formula is C20H32N4O5. The summed E-state index contributed by atoms with van der Waals surface area (Å²) >= 11 is 0. The van der Waals surface area contributed by atoms with E-state index < -0.39 is 47.0 Å². The Morgan fingerprint density at radius 3 is 2.41 bits per heavy atom.